The van der Waals surface area contributed by atoms with Crippen LogP contribution in [0.3, 0.4) is 0 Å². The standard InChI is InChI=1S/C11H14N2/c1-2-3-4-9-7-10-5-6-12-11(10)13-8-9/h5-8H,2-4H2,1H3,(H,12,13). The van der Waals surface area contributed by atoms with Crippen molar-refractivity contribution in [1.29, 1.82) is 0 Å². The van der Waals surface area contributed by atoms with Gasteiger partial charge in [0, 0.05) is 17.8 Å². The number of rotatable bonds is 3. The van der Waals surface area contributed by atoms with Gasteiger partial charge in [-0.3, -0.25) is 0 Å². The lowest BCUT2D eigenvalue weighted by molar-refractivity contribution is 0.793. The molecule has 2 heteroatoms. The highest BCUT2D eigenvalue weighted by atomic mass is 14.8. The van der Waals surface area contributed by atoms with Gasteiger partial charge in [-0.25, -0.2) is 4.98 Å². The summed E-state index contributed by atoms with van der Waals surface area (Å²) >= 11 is 0. The Balaban J connectivity index is 2.26. The van der Waals surface area contributed by atoms with Crippen LogP contribution in [0, 0.1) is 0 Å². The number of nitrogens with one attached hydrogen (secondary N) is 1. The summed E-state index contributed by atoms with van der Waals surface area (Å²) in [4.78, 5) is 7.43. The number of aryl methyl sites for hydroxylation is 1. The molecule has 0 saturated heterocycles. The second kappa shape index (κ2) is 3.60. The van der Waals surface area contributed by atoms with Crippen LogP contribution in [0.15, 0.2) is 24.5 Å². The van der Waals surface area contributed by atoms with Crippen LogP contribution in [0.25, 0.3) is 11.0 Å². The fourth-order valence-electron chi connectivity index (χ4n) is 1.50. The molecule has 0 aliphatic carbocycles. The number of hydrogen-bond acceptors (Lipinski definition) is 1. The van der Waals surface area contributed by atoms with Crippen molar-refractivity contribution in [2.24, 2.45) is 0 Å². The van der Waals surface area contributed by atoms with E-state index in [1.54, 1.807) is 0 Å². The molecule has 68 valence electrons. The van der Waals surface area contributed by atoms with Gasteiger partial charge in [0.1, 0.15) is 5.65 Å². The Morgan fingerprint density at radius 1 is 1.46 bits per heavy atom. The molecule has 2 nitrogen and oxygen atoms in total. The maximum absolute atomic E-state index is 4.34. The molecule has 2 heterocycles. The van der Waals surface area contributed by atoms with E-state index in [9.17, 15) is 0 Å². The summed E-state index contributed by atoms with van der Waals surface area (Å²) in [5.74, 6) is 0. The average Bonchev–Trinajstić information content (AvgIpc) is 2.61. The summed E-state index contributed by atoms with van der Waals surface area (Å²) in [6, 6.07) is 4.28. The predicted octanol–water partition coefficient (Wildman–Crippen LogP) is 2.91. The number of fused-ring (bicyclic) bond motifs is 1. The summed E-state index contributed by atoms with van der Waals surface area (Å²) in [7, 11) is 0. The maximum Gasteiger partial charge on any atom is 0.137 e. The average molecular weight is 174 g/mol. The molecule has 2 rings (SSSR count). The number of pyridine rings is 1. The van der Waals surface area contributed by atoms with Crippen molar-refractivity contribution < 1.29 is 0 Å². The topological polar surface area (TPSA) is 28.7 Å². The van der Waals surface area contributed by atoms with Crippen LogP contribution in [0.2, 0.25) is 0 Å². The highest BCUT2D eigenvalue weighted by Crippen LogP contribution is 2.12. The molecule has 0 aliphatic rings. The Labute approximate surface area is 78.0 Å². The summed E-state index contributed by atoms with van der Waals surface area (Å²) < 4.78 is 0. The van der Waals surface area contributed by atoms with Crippen molar-refractivity contribution in [3.8, 4) is 0 Å². The summed E-state index contributed by atoms with van der Waals surface area (Å²) in [5.41, 5.74) is 2.33. The highest BCUT2D eigenvalue weighted by Gasteiger charge is 1.97. The van der Waals surface area contributed by atoms with E-state index < -0.39 is 0 Å². The Morgan fingerprint density at radius 2 is 2.38 bits per heavy atom. The minimum atomic E-state index is 0.986. The Morgan fingerprint density at radius 3 is 3.23 bits per heavy atom. The van der Waals surface area contributed by atoms with Crippen molar-refractivity contribution in [2.45, 2.75) is 26.2 Å². The fourth-order valence-corrected chi connectivity index (χ4v) is 1.50. The normalized spacial score (nSPS) is 10.8. The molecule has 0 aromatic carbocycles. The molecule has 0 saturated carbocycles. The number of unbranched alkanes of at least 4 members (excludes halogenated alkanes) is 1. The zero-order valence-corrected chi connectivity index (χ0v) is 7.88. The number of aromatic amines is 1. The number of nitrogens with zero attached hydrogens (tertiary/aromatic N) is 1. The molecule has 0 amide bonds. The largest absolute Gasteiger partial charge is 0.346 e. The smallest absolute Gasteiger partial charge is 0.137 e. The van der Waals surface area contributed by atoms with E-state index in [0.29, 0.717) is 0 Å². The monoisotopic (exact) mass is 174 g/mol. The molecular weight excluding hydrogens is 160 g/mol. The van der Waals surface area contributed by atoms with Gasteiger partial charge in [-0.05, 0) is 30.5 Å². The first-order valence-corrected chi connectivity index (χ1v) is 4.82. The van der Waals surface area contributed by atoms with Crippen LogP contribution < -0.4 is 0 Å². The van der Waals surface area contributed by atoms with Gasteiger partial charge in [-0.1, -0.05) is 13.3 Å². The molecule has 0 aliphatic heterocycles. The third-order valence-electron chi connectivity index (χ3n) is 2.28. The quantitative estimate of drug-likeness (QED) is 0.761. The molecule has 2 aromatic heterocycles. The van der Waals surface area contributed by atoms with Gasteiger partial charge >= 0.3 is 0 Å². The Kier molecular flexibility index (Phi) is 2.30. The minimum absolute atomic E-state index is 0.986. The van der Waals surface area contributed by atoms with Crippen molar-refractivity contribution >= 4 is 11.0 Å². The van der Waals surface area contributed by atoms with Crippen LogP contribution in [-0.2, 0) is 6.42 Å². The van der Waals surface area contributed by atoms with Crippen LogP contribution in [-0.4, -0.2) is 9.97 Å². The van der Waals surface area contributed by atoms with Crippen LogP contribution in [0.1, 0.15) is 25.3 Å². The summed E-state index contributed by atoms with van der Waals surface area (Å²) in [6.07, 6.45) is 7.53. The van der Waals surface area contributed by atoms with Gasteiger partial charge in [-0.15, -0.1) is 0 Å². The Bertz CT molecular complexity index is 390. The molecule has 13 heavy (non-hydrogen) atoms. The van der Waals surface area contributed by atoms with E-state index in [4.69, 9.17) is 0 Å². The van der Waals surface area contributed by atoms with Gasteiger partial charge < -0.3 is 4.98 Å². The van der Waals surface area contributed by atoms with Crippen LogP contribution in [0.4, 0.5) is 0 Å². The maximum atomic E-state index is 4.34. The zero-order chi connectivity index (χ0) is 9.10. The van der Waals surface area contributed by atoms with Crippen LogP contribution >= 0.6 is 0 Å². The molecule has 0 radical (unpaired) electrons. The minimum Gasteiger partial charge on any atom is -0.346 e. The third-order valence-corrected chi connectivity index (χ3v) is 2.28. The summed E-state index contributed by atoms with van der Waals surface area (Å²) in [6.45, 7) is 2.21. The zero-order valence-electron chi connectivity index (χ0n) is 7.88. The van der Waals surface area contributed by atoms with Crippen molar-refractivity contribution in [1.82, 2.24) is 9.97 Å². The molecule has 1 N–H and O–H groups in total. The second-order valence-electron chi connectivity index (χ2n) is 3.36. The highest BCUT2D eigenvalue weighted by molar-refractivity contribution is 5.75. The molecule has 2 aromatic rings. The van der Waals surface area contributed by atoms with E-state index in [2.05, 4.69) is 29.0 Å². The van der Waals surface area contributed by atoms with Gasteiger partial charge in [0.2, 0.25) is 0 Å². The van der Waals surface area contributed by atoms with Gasteiger partial charge in [0.25, 0.3) is 0 Å². The van der Waals surface area contributed by atoms with E-state index in [0.717, 1.165) is 12.1 Å². The lowest BCUT2D eigenvalue weighted by Crippen LogP contribution is -1.86. The van der Waals surface area contributed by atoms with E-state index in [1.165, 1.54) is 23.8 Å². The first-order chi connectivity index (χ1) is 6.40. The lowest BCUT2D eigenvalue weighted by atomic mass is 10.1. The van der Waals surface area contributed by atoms with Gasteiger partial charge in [-0.2, -0.15) is 0 Å². The third kappa shape index (κ3) is 1.72. The lowest BCUT2D eigenvalue weighted by Gasteiger charge is -1.98. The number of H-pyrrole nitrogens is 1. The predicted molar refractivity (Wildman–Crippen MR) is 54.7 cm³/mol. The number of hydrogen-bond donors (Lipinski definition) is 1. The first kappa shape index (κ1) is 8.30. The van der Waals surface area contributed by atoms with Gasteiger partial charge in [0.05, 0.1) is 0 Å². The molecule has 0 unspecified atom stereocenters. The molecule has 0 bridgehead atoms. The molecular formula is C11H14N2. The van der Waals surface area contributed by atoms with Crippen molar-refractivity contribution in [3.05, 3.63) is 30.1 Å². The van der Waals surface area contributed by atoms with Crippen LogP contribution in [0.5, 0.6) is 0 Å². The van der Waals surface area contributed by atoms with Crippen molar-refractivity contribution in [2.75, 3.05) is 0 Å². The van der Waals surface area contributed by atoms with Gasteiger partial charge in [0.15, 0.2) is 0 Å². The SMILES string of the molecule is CCCCc1cnc2[nH]ccc2c1. The number of aromatic nitrogens is 2. The molecule has 0 atom stereocenters. The first-order valence-electron chi connectivity index (χ1n) is 4.82. The molecule has 0 spiro atoms. The summed E-state index contributed by atoms with van der Waals surface area (Å²) in [5, 5.41) is 1.22. The van der Waals surface area contributed by atoms with Crippen molar-refractivity contribution in [3.63, 3.8) is 0 Å². The van der Waals surface area contributed by atoms with E-state index in [-0.39, 0.29) is 0 Å². The van der Waals surface area contributed by atoms with E-state index in [1.807, 2.05) is 12.4 Å². The second-order valence-corrected chi connectivity index (χ2v) is 3.36. The van der Waals surface area contributed by atoms with E-state index >= 15 is 0 Å². The fraction of sp³-hybridized carbons (Fsp3) is 0.364. The molecule has 0 fully saturated rings. The Hall–Kier alpha value is -1.31.